The van der Waals surface area contributed by atoms with Gasteiger partial charge in [-0.05, 0) is 12.8 Å². The third kappa shape index (κ3) is 9.67. The van der Waals surface area contributed by atoms with E-state index in [1.807, 2.05) is 0 Å². The van der Waals surface area contributed by atoms with Crippen LogP contribution in [-0.2, 0) is 9.59 Å². The molecule has 0 aromatic rings. The summed E-state index contributed by atoms with van der Waals surface area (Å²) in [6, 6.07) is -0.983. The molecule has 106 valence electrons. The maximum atomic E-state index is 11.1. The Morgan fingerprint density at radius 3 is 2.39 bits per heavy atom. The summed E-state index contributed by atoms with van der Waals surface area (Å²) in [5, 5.41) is 19.6. The molecular weight excluding hydrogens is 264 g/mol. The number of carbonyl (C=O) groups is 2. The molecule has 0 unspecified atom stereocenters. The van der Waals surface area contributed by atoms with E-state index in [0.717, 1.165) is 0 Å². The fourth-order valence-electron chi connectivity index (χ4n) is 1.13. The van der Waals surface area contributed by atoms with Gasteiger partial charge in [-0.2, -0.15) is 0 Å². The van der Waals surface area contributed by atoms with E-state index >= 15 is 0 Å². The lowest BCUT2D eigenvalue weighted by Crippen LogP contribution is -2.41. The van der Waals surface area contributed by atoms with Crippen LogP contribution in [0.25, 0.3) is 0 Å². The molecule has 0 radical (unpaired) electrons. The number of guanidine groups is 1. The third-order valence-corrected chi connectivity index (χ3v) is 1.92. The Labute approximate surface area is 111 Å². The first kappa shape index (κ1) is 18.8. The fraction of sp³-hybridized carbons (Fsp3) is 0.667. The van der Waals surface area contributed by atoms with Crippen molar-refractivity contribution in [2.45, 2.75) is 25.3 Å². The Morgan fingerprint density at radius 1 is 1.33 bits per heavy atom. The molecule has 0 rings (SSSR count). The van der Waals surface area contributed by atoms with Crippen molar-refractivity contribution in [1.29, 1.82) is 0 Å². The first-order valence-electron chi connectivity index (χ1n) is 5.15. The van der Waals surface area contributed by atoms with Gasteiger partial charge < -0.3 is 27.0 Å². The van der Waals surface area contributed by atoms with Crippen molar-refractivity contribution in [3.63, 3.8) is 0 Å². The van der Waals surface area contributed by atoms with Crippen molar-refractivity contribution < 1.29 is 19.8 Å². The van der Waals surface area contributed by atoms with E-state index in [-0.39, 0.29) is 37.8 Å². The molecule has 0 spiro atoms. The molecule has 0 aromatic heterocycles. The number of aliphatic hydroxyl groups excluding tert-OH is 1. The van der Waals surface area contributed by atoms with Crippen LogP contribution >= 0.6 is 12.4 Å². The summed E-state index contributed by atoms with van der Waals surface area (Å²) in [6.07, 6.45) is 0.551. The number of aliphatic carboxylic acids is 1. The highest BCUT2D eigenvalue weighted by Gasteiger charge is 2.18. The van der Waals surface area contributed by atoms with Gasteiger partial charge in [0.2, 0.25) is 5.91 Å². The number of carboxylic acids is 1. The number of nitrogens with two attached hydrogens (primary N) is 2. The summed E-state index contributed by atoms with van der Waals surface area (Å²) < 4.78 is 0. The van der Waals surface area contributed by atoms with Crippen LogP contribution in [0.2, 0.25) is 0 Å². The van der Waals surface area contributed by atoms with Gasteiger partial charge in [0.25, 0.3) is 0 Å². The summed E-state index contributed by atoms with van der Waals surface area (Å²) >= 11 is 0. The van der Waals surface area contributed by atoms with E-state index in [2.05, 4.69) is 10.3 Å². The average Bonchev–Trinajstić information content (AvgIpc) is 2.22. The third-order valence-electron chi connectivity index (χ3n) is 1.92. The Balaban J connectivity index is 0. The Morgan fingerprint density at radius 2 is 1.94 bits per heavy atom. The number of nitrogens with zero attached hydrogens (tertiary/aromatic N) is 1. The molecule has 0 aromatic carbocycles. The molecule has 1 atom stereocenters. The average molecular weight is 283 g/mol. The quantitative estimate of drug-likeness (QED) is 0.206. The summed E-state index contributed by atoms with van der Waals surface area (Å²) in [5.74, 6) is -1.68. The molecule has 1 amide bonds. The highest BCUT2D eigenvalue weighted by molar-refractivity contribution is 5.85. The highest BCUT2D eigenvalue weighted by Crippen LogP contribution is 1.99. The van der Waals surface area contributed by atoms with Crippen LogP contribution in [0.5, 0.6) is 0 Å². The van der Waals surface area contributed by atoms with Crippen molar-refractivity contribution in [1.82, 2.24) is 5.32 Å². The number of aliphatic imine (C=N–C) groups is 1. The first-order valence-corrected chi connectivity index (χ1v) is 5.15. The topological polar surface area (TPSA) is 151 Å². The van der Waals surface area contributed by atoms with Crippen LogP contribution in [0.4, 0.5) is 0 Å². The Kier molecular flexibility index (Phi) is 11.1. The molecule has 0 saturated heterocycles. The summed E-state index contributed by atoms with van der Waals surface area (Å²) in [6.45, 7) is -0.00580. The molecule has 7 N–H and O–H groups in total. The van der Waals surface area contributed by atoms with Crippen LogP contribution in [0.15, 0.2) is 4.99 Å². The number of carboxylic acid groups (broad SMARTS) is 1. The van der Waals surface area contributed by atoms with Crippen molar-refractivity contribution in [3.05, 3.63) is 0 Å². The largest absolute Gasteiger partial charge is 0.480 e. The lowest BCUT2D eigenvalue weighted by Gasteiger charge is -2.13. The number of hydrogen-bond acceptors (Lipinski definition) is 4. The monoisotopic (exact) mass is 282 g/mol. The molecule has 0 saturated carbocycles. The Bertz CT molecular complexity index is 294. The molecule has 9 heteroatoms. The minimum absolute atomic E-state index is 0. The van der Waals surface area contributed by atoms with Gasteiger partial charge in [0.1, 0.15) is 6.04 Å². The minimum Gasteiger partial charge on any atom is -0.480 e. The predicted molar refractivity (Wildman–Crippen MR) is 68.4 cm³/mol. The fourth-order valence-corrected chi connectivity index (χ4v) is 1.13. The molecule has 18 heavy (non-hydrogen) atoms. The van der Waals surface area contributed by atoms with Gasteiger partial charge in [-0.3, -0.25) is 9.79 Å². The van der Waals surface area contributed by atoms with Gasteiger partial charge in [-0.1, -0.05) is 0 Å². The van der Waals surface area contributed by atoms with Gasteiger partial charge in [-0.25, -0.2) is 4.79 Å². The molecular formula is C9H19ClN4O4. The van der Waals surface area contributed by atoms with E-state index in [0.29, 0.717) is 13.0 Å². The molecule has 0 aliphatic heterocycles. The van der Waals surface area contributed by atoms with Crippen LogP contribution in [0.1, 0.15) is 19.3 Å². The van der Waals surface area contributed by atoms with Crippen molar-refractivity contribution >= 4 is 30.2 Å². The lowest BCUT2D eigenvalue weighted by atomic mass is 10.1. The van der Waals surface area contributed by atoms with Crippen molar-refractivity contribution in [2.24, 2.45) is 16.5 Å². The van der Waals surface area contributed by atoms with Crippen molar-refractivity contribution in [2.75, 3.05) is 13.2 Å². The zero-order valence-corrected chi connectivity index (χ0v) is 10.7. The number of aliphatic hydroxyl groups is 1. The second-order valence-corrected chi connectivity index (χ2v) is 3.38. The molecule has 8 nitrogen and oxygen atoms in total. The maximum absolute atomic E-state index is 11.1. The van der Waals surface area contributed by atoms with E-state index in [9.17, 15) is 9.59 Å². The predicted octanol–water partition coefficient (Wildman–Crippen LogP) is -1.59. The van der Waals surface area contributed by atoms with Crippen molar-refractivity contribution in [3.8, 4) is 0 Å². The van der Waals surface area contributed by atoms with Crippen LogP contribution < -0.4 is 16.8 Å². The minimum atomic E-state index is -1.12. The maximum Gasteiger partial charge on any atom is 0.326 e. The van der Waals surface area contributed by atoms with Gasteiger partial charge >= 0.3 is 5.97 Å². The Hall–Kier alpha value is -1.54. The number of halogens is 1. The number of nitrogens with one attached hydrogen (secondary N) is 1. The number of carbonyl (C=O) groups excluding carboxylic acids is 1. The molecule has 0 aliphatic rings. The second kappa shape index (κ2) is 10.6. The zero-order valence-electron chi connectivity index (χ0n) is 9.83. The van der Waals surface area contributed by atoms with Gasteiger partial charge in [0, 0.05) is 13.0 Å². The zero-order chi connectivity index (χ0) is 13.3. The van der Waals surface area contributed by atoms with Crippen LogP contribution in [0.3, 0.4) is 0 Å². The van der Waals surface area contributed by atoms with Gasteiger partial charge in [0.05, 0.1) is 6.61 Å². The highest BCUT2D eigenvalue weighted by atomic mass is 35.5. The number of rotatable bonds is 8. The summed E-state index contributed by atoms with van der Waals surface area (Å²) in [5.41, 5.74) is 10.2. The first-order chi connectivity index (χ1) is 7.97. The van der Waals surface area contributed by atoms with Crippen LogP contribution in [0, 0.1) is 0 Å². The normalized spacial score (nSPS) is 10.9. The van der Waals surface area contributed by atoms with E-state index in [1.165, 1.54) is 0 Å². The van der Waals surface area contributed by atoms with Gasteiger partial charge in [0.15, 0.2) is 5.96 Å². The summed E-state index contributed by atoms with van der Waals surface area (Å²) in [4.78, 5) is 25.6. The smallest absolute Gasteiger partial charge is 0.326 e. The van der Waals surface area contributed by atoms with E-state index < -0.39 is 17.9 Å². The van der Waals surface area contributed by atoms with E-state index in [4.69, 9.17) is 21.7 Å². The van der Waals surface area contributed by atoms with Crippen LogP contribution in [-0.4, -0.2) is 47.2 Å². The molecule has 0 aliphatic carbocycles. The van der Waals surface area contributed by atoms with Gasteiger partial charge in [-0.15, -0.1) is 12.4 Å². The number of amides is 1. The van der Waals surface area contributed by atoms with E-state index in [1.54, 1.807) is 0 Å². The lowest BCUT2D eigenvalue weighted by molar-refractivity contribution is -0.142. The number of hydrogen-bond donors (Lipinski definition) is 5. The summed E-state index contributed by atoms with van der Waals surface area (Å²) in [7, 11) is 0. The molecule has 0 fully saturated rings. The SMILES string of the molecule is Cl.NC(N)=NCCC[C@H](NC(=O)CCO)C(=O)O. The molecule has 0 bridgehead atoms. The molecule has 0 heterocycles. The second-order valence-electron chi connectivity index (χ2n) is 3.38. The standard InChI is InChI=1S/C9H18N4O4.ClH/c10-9(11)12-4-1-2-6(8(16)17)13-7(15)3-5-14;/h6,14H,1-5H2,(H,13,15)(H,16,17)(H4,10,11,12);1H/t6-;/m0./s1.